The third-order valence-corrected chi connectivity index (χ3v) is 3.86. The Kier molecular flexibility index (Phi) is 3.85. The second-order valence-corrected chi connectivity index (χ2v) is 5.68. The van der Waals surface area contributed by atoms with Gasteiger partial charge in [-0.05, 0) is 50.8 Å². The molecule has 0 aromatic heterocycles. The minimum atomic E-state index is 0.460. The van der Waals surface area contributed by atoms with E-state index in [9.17, 15) is 0 Å². The molecule has 1 aromatic carbocycles. The van der Waals surface area contributed by atoms with Crippen LogP contribution in [0.2, 0.25) is 0 Å². The van der Waals surface area contributed by atoms with Gasteiger partial charge in [0, 0.05) is 13.1 Å². The zero-order valence-corrected chi connectivity index (χ0v) is 11.1. The molecule has 2 N–H and O–H groups in total. The van der Waals surface area contributed by atoms with Crippen LogP contribution in [0.5, 0.6) is 0 Å². The predicted octanol–water partition coefficient (Wildman–Crippen LogP) is 2.21. The Bertz CT molecular complexity index is 369. The van der Waals surface area contributed by atoms with Gasteiger partial charge in [0.15, 0.2) is 0 Å². The highest BCUT2D eigenvalue weighted by Gasteiger charge is 2.41. The Morgan fingerprint density at radius 3 is 2.71 bits per heavy atom. The van der Waals surface area contributed by atoms with Crippen molar-refractivity contribution in [1.82, 2.24) is 4.90 Å². The number of hydrogen-bond acceptors (Lipinski definition) is 2. The van der Waals surface area contributed by atoms with Gasteiger partial charge >= 0.3 is 0 Å². The van der Waals surface area contributed by atoms with Crippen molar-refractivity contribution in [2.45, 2.75) is 26.2 Å². The van der Waals surface area contributed by atoms with Gasteiger partial charge in [-0.15, -0.1) is 0 Å². The van der Waals surface area contributed by atoms with E-state index in [0.717, 1.165) is 26.1 Å². The van der Waals surface area contributed by atoms with Crippen LogP contribution < -0.4 is 5.73 Å². The number of aryl methyl sites for hydroxylation is 1. The predicted molar refractivity (Wildman–Crippen MR) is 73.1 cm³/mol. The van der Waals surface area contributed by atoms with E-state index in [-0.39, 0.29) is 0 Å². The van der Waals surface area contributed by atoms with Crippen molar-refractivity contribution in [3.63, 3.8) is 0 Å². The fourth-order valence-corrected chi connectivity index (χ4v) is 2.44. The molecule has 2 nitrogen and oxygen atoms in total. The number of nitrogens with two attached hydrogens (primary N) is 1. The van der Waals surface area contributed by atoms with E-state index >= 15 is 0 Å². The van der Waals surface area contributed by atoms with Gasteiger partial charge in [0.2, 0.25) is 0 Å². The maximum Gasteiger partial charge on any atom is 0.00471 e. The van der Waals surface area contributed by atoms with E-state index < -0.39 is 0 Å². The molecule has 0 aliphatic heterocycles. The summed E-state index contributed by atoms with van der Waals surface area (Å²) in [7, 11) is 2.21. The zero-order valence-electron chi connectivity index (χ0n) is 11.1. The van der Waals surface area contributed by atoms with Crippen molar-refractivity contribution in [3.8, 4) is 0 Å². The second kappa shape index (κ2) is 5.19. The maximum atomic E-state index is 5.82. The van der Waals surface area contributed by atoms with Gasteiger partial charge in [-0.25, -0.2) is 0 Å². The molecule has 94 valence electrons. The molecule has 0 amide bonds. The Morgan fingerprint density at radius 1 is 1.35 bits per heavy atom. The lowest BCUT2D eigenvalue weighted by molar-refractivity contribution is 0.269. The van der Waals surface area contributed by atoms with Crippen LogP contribution in [-0.2, 0) is 6.42 Å². The minimum absolute atomic E-state index is 0.460. The molecule has 0 heterocycles. The van der Waals surface area contributed by atoms with Gasteiger partial charge in [-0.3, -0.25) is 0 Å². The van der Waals surface area contributed by atoms with Crippen LogP contribution in [0.25, 0.3) is 0 Å². The smallest absolute Gasteiger partial charge is 0.00471 e. The van der Waals surface area contributed by atoms with Crippen molar-refractivity contribution in [2.24, 2.45) is 11.1 Å². The fourth-order valence-electron chi connectivity index (χ4n) is 2.44. The van der Waals surface area contributed by atoms with E-state index in [1.165, 1.54) is 24.0 Å². The normalized spacial score (nSPS) is 17.4. The zero-order chi connectivity index (χ0) is 12.3. The molecule has 0 unspecified atom stereocenters. The summed E-state index contributed by atoms with van der Waals surface area (Å²) in [5.74, 6) is 0. The number of hydrogen-bond donors (Lipinski definition) is 1. The van der Waals surface area contributed by atoms with Crippen molar-refractivity contribution in [1.29, 1.82) is 0 Å². The molecule has 0 spiro atoms. The van der Waals surface area contributed by atoms with Crippen LogP contribution in [0.15, 0.2) is 24.3 Å². The van der Waals surface area contributed by atoms with E-state index in [4.69, 9.17) is 5.73 Å². The standard InChI is InChI=1S/C15H24N2/c1-13-4-3-5-14(10-13)6-9-17(2)12-15(11-16)7-8-15/h3-5,10H,6-9,11-12,16H2,1-2H3. The highest BCUT2D eigenvalue weighted by molar-refractivity contribution is 5.22. The van der Waals surface area contributed by atoms with Crippen LogP contribution in [-0.4, -0.2) is 31.6 Å². The average Bonchev–Trinajstić information content (AvgIpc) is 3.07. The molecule has 17 heavy (non-hydrogen) atoms. The molecule has 0 atom stereocenters. The highest BCUT2D eigenvalue weighted by Crippen LogP contribution is 2.44. The first-order chi connectivity index (χ1) is 8.13. The Hall–Kier alpha value is -0.860. The van der Waals surface area contributed by atoms with Gasteiger partial charge in [0.25, 0.3) is 0 Å². The Labute approximate surface area is 105 Å². The number of benzene rings is 1. The summed E-state index contributed by atoms with van der Waals surface area (Å²) in [4.78, 5) is 2.43. The van der Waals surface area contributed by atoms with Gasteiger partial charge in [0.05, 0.1) is 0 Å². The largest absolute Gasteiger partial charge is 0.330 e. The summed E-state index contributed by atoms with van der Waals surface area (Å²) in [6.07, 6.45) is 3.77. The first-order valence-corrected chi connectivity index (χ1v) is 6.58. The summed E-state index contributed by atoms with van der Waals surface area (Å²) in [5, 5.41) is 0. The van der Waals surface area contributed by atoms with Crippen LogP contribution in [0.1, 0.15) is 24.0 Å². The molecule has 1 aromatic rings. The summed E-state index contributed by atoms with van der Waals surface area (Å²) in [6, 6.07) is 8.80. The van der Waals surface area contributed by atoms with E-state index in [2.05, 4.69) is 43.1 Å². The summed E-state index contributed by atoms with van der Waals surface area (Å²) >= 11 is 0. The quantitative estimate of drug-likeness (QED) is 0.815. The third kappa shape index (κ3) is 3.55. The van der Waals surface area contributed by atoms with Gasteiger partial charge in [0.1, 0.15) is 0 Å². The SMILES string of the molecule is Cc1cccc(CCN(C)CC2(CN)CC2)c1. The monoisotopic (exact) mass is 232 g/mol. The van der Waals surface area contributed by atoms with Crippen LogP contribution in [0, 0.1) is 12.3 Å². The second-order valence-electron chi connectivity index (χ2n) is 5.68. The Morgan fingerprint density at radius 2 is 2.12 bits per heavy atom. The van der Waals surface area contributed by atoms with E-state index in [0.29, 0.717) is 5.41 Å². The van der Waals surface area contributed by atoms with Crippen LogP contribution >= 0.6 is 0 Å². The number of rotatable bonds is 6. The molecule has 0 bridgehead atoms. The van der Waals surface area contributed by atoms with Crippen molar-refractivity contribution in [2.75, 3.05) is 26.7 Å². The van der Waals surface area contributed by atoms with Gasteiger partial charge < -0.3 is 10.6 Å². The summed E-state index contributed by atoms with van der Waals surface area (Å²) < 4.78 is 0. The highest BCUT2D eigenvalue weighted by atomic mass is 15.1. The molecular formula is C15H24N2. The lowest BCUT2D eigenvalue weighted by Gasteiger charge is -2.22. The van der Waals surface area contributed by atoms with Crippen molar-refractivity contribution < 1.29 is 0 Å². The molecule has 2 heteroatoms. The van der Waals surface area contributed by atoms with Gasteiger partial charge in [-0.1, -0.05) is 29.8 Å². The Balaban J connectivity index is 1.78. The molecule has 0 radical (unpaired) electrons. The molecule has 1 aliphatic rings. The molecule has 0 saturated heterocycles. The lowest BCUT2D eigenvalue weighted by atomic mass is 10.1. The number of likely N-dealkylation sites (N-methyl/N-ethyl adjacent to an activating group) is 1. The molecule has 1 saturated carbocycles. The van der Waals surface area contributed by atoms with Gasteiger partial charge in [-0.2, -0.15) is 0 Å². The molecular weight excluding hydrogens is 208 g/mol. The summed E-state index contributed by atoms with van der Waals surface area (Å²) in [6.45, 7) is 5.29. The molecule has 1 aliphatic carbocycles. The van der Waals surface area contributed by atoms with Crippen LogP contribution in [0.4, 0.5) is 0 Å². The minimum Gasteiger partial charge on any atom is -0.330 e. The molecule has 1 fully saturated rings. The average molecular weight is 232 g/mol. The van der Waals surface area contributed by atoms with Crippen molar-refractivity contribution >= 4 is 0 Å². The lowest BCUT2D eigenvalue weighted by Crippen LogP contribution is -2.32. The summed E-state index contributed by atoms with van der Waals surface area (Å²) in [5.41, 5.74) is 9.07. The first-order valence-electron chi connectivity index (χ1n) is 6.58. The third-order valence-electron chi connectivity index (χ3n) is 3.86. The molecule has 2 rings (SSSR count). The topological polar surface area (TPSA) is 29.3 Å². The first kappa shape index (κ1) is 12.6. The van der Waals surface area contributed by atoms with Crippen LogP contribution in [0.3, 0.4) is 0 Å². The fraction of sp³-hybridized carbons (Fsp3) is 0.600. The van der Waals surface area contributed by atoms with Crippen molar-refractivity contribution in [3.05, 3.63) is 35.4 Å². The maximum absolute atomic E-state index is 5.82. The van der Waals surface area contributed by atoms with E-state index in [1.54, 1.807) is 0 Å². The number of nitrogens with zero attached hydrogens (tertiary/aromatic N) is 1. The van der Waals surface area contributed by atoms with E-state index in [1.807, 2.05) is 0 Å².